The van der Waals surface area contributed by atoms with E-state index in [4.69, 9.17) is 0 Å². The van der Waals surface area contributed by atoms with Gasteiger partial charge >= 0.3 is 0 Å². The van der Waals surface area contributed by atoms with Gasteiger partial charge in [-0.3, -0.25) is 4.79 Å². The summed E-state index contributed by atoms with van der Waals surface area (Å²) in [7, 11) is 0. The van der Waals surface area contributed by atoms with Gasteiger partial charge in [-0.2, -0.15) is 0 Å². The van der Waals surface area contributed by atoms with E-state index in [9.17, 15) is 9.18 Å². The number of carbonyl (C=O) groups is 1. The highest BCUT2D eigenvalue weighted by Gasteiger charge is 2.15. The van der Waals surface area contributed by atoms with E-state index in [0.717, 1.165) is 12.0 Å². The number of rotatable bonds is 4. The first-order valence-corrected chi connectivity index (χ1v) is 6.16. The number of nitrogens with one attached hydrogen (secondary N) is 1. The molecule has 0 aliphatic rings. The predicted octanol–water partition coefficient (Wildman–Crippen LogP) is 3.18. The Morgan fingerprint density at radius 2 is 2.00 bits per heavy atom. The summed E-state index contributed by atoms with van der Waals surface area (Å²) < 4.78 is 12.7. The smallest absolute Gasteiger partial charge is 0.234 e. The molecule has 2 nitrogen and oxygen atoms in total. The number of carbonyl (C=O) groups excluding carboxylic acids is 1. The maximum absolute atomic E-state index is 12.7. The second-order valence-corrected chi connectivity index (χ2v) is 4.76. The number of hydrogen-bond acceptors (Lipinski definition) is 1. The van der Waals surface area contributed by atoms with Gasteiger partial charge in [-0.1, -0.05) is 35.0 Å². The Bertz CT molecular complexity index is 353. The first-order valence-electron chi connectivity index (χ1n) is 5.24. The van der Waals surface area contributed by atoms with Crippen LogP contribution in [0.1, 0.15) is 31.9 Å². The summed E-state index contributed by atoms with van der Waals surface area (Å²) in [6, 6.07) is 6.03. The van der Waals surface area contributed by atoms with E-state index < -0.39 is 0 Å². The molecule has 88 valence electrons. The summed E-state index contributed by atoms with van der Waals surface area (Å²) in [5.41, 5.74) is 0.894. The molecule has 1 rings (SSSR count). The lowest BCUT2D eigenvalue weighted by Crippen LogP contribution is -2.32. The summed E-state index contributed by atoms with van der Waals surface area (Å²) in [4.78, 5) is 11.4. The van der Waals surface area contributed by atoms with Crippen molar-refractivity contribution in [2.75, 3.05) is 0 Å². The molecule has 0 fully saturated rings. The molecule has 0 saturated carbocycles. The van der Waals surface area contributed by atoms with Crippen molar-refractivity contribution >= 4 is 21.8 Å². The lowest BCUT2D eigenvalue weighted by Gasteiger charge is -2.16. The molecule has 0 saturated heterocycles. The minimum Gasteiger partial charge on any atom is -0.349 e. The number of alkyl halides is 1. The number of amides is 1. The summed E-state index contributed by atoms with van der Waals surface area (Å²) in [6.45, 7) is 3.81. The van der Waals surface area contributed by atoms with Gasteiger partial charge in [0.25, 0.3) is 0 Å². The lowest BCUT2D eigenvalue weighted by atomic mass is 10.1. The molecule has 2 atom stereocenters. The molecular formula is C12H15BrFNO. The van der Waals surface area contributed by atoms with Crippen LogP contribution in [-0.2, 0) is 4.79 Å². The van der Waals surface area contributed by atoms with Gasteiger partial charge in [0, 0.05) is 0 Å². The molecule has 1 N–H and O–H groups in total. The van der Waals surface area contributed by atoms with Crippen molar-refractivity contribution in [3.63, 3.8) is 0 Å². The van der Waals surface area contributed by atoms with Crippen molar-refractivity contribution in [2.45, 2.75) is 31.1 Å². The fourth-order valence-electron chi connectivity index (χ4n) is 1.32. The minimum absolute atomic E-state index is 0.0423. The van der Waals surface area contributed by atoms with Crippen LogP contribution in [-0.4, -0.2) is 10.7 Å². The molecule has 4 heteroatoms. The molecule has 1 aromatic carbocycles. The molecule has 0 aromatic heterocycles. The maximum atomic E-state index is 12.7. The lowest BCUT2D eigenvalue weighted by molar-refractivity contribution is -0.121. The molecule has 0 heterocycles. The number of benzene rings is 1. The van der Waals surface area contributed by atoms with E-state index in [1.807, 2.05) is 13.8 Å². The molecular weight excluding hydrogens is 273 g/mol. The Balaban J connectivity index is 2.62. The van der Waals surface area contributed by atoms with Crippen molar-refractivity contribution in [3.8, 4) is 0 Å². The highest BCUT2D eigenvalue weighted by molar-refractivity contribution is 9.10. The summed E-state index contributed by atoms with van der Waals surface area (Å²) >= 11 is 3.28. The summed E-state index contributed by atoms with van der Waals surface area (Å²) in [6.07, 6.45) is 0.738. The van der Waals surface area contributed by atoms with Gasteiger partial charge in [0.15, 0.2) is 0 Å². The van der Waals surface area contributed by atoms with Crippen LogP contribution >= 0.6 is 15.9 Å². The quantitative estimate of drug-likeness (QED) is 0.847. The van der Waals surface area contributed by atoms with Crippen LogP contribution in [0.2, 0.25) is 0 Å². The average Bonchev–Trinajstić information content (AvgIpc) is 2.28. The predicted molar refractivity (Wildman–Crippen MR) is 66.0 cm³/mol. The second kappa shape index (κ2) is 5.99. The van der Waals surface area contributed by atoms with Crippen molar-refractivity contribution < 1.29 is 9.18 Å². The molecule has 0 spiro atoms. The molecule has 1 amide bonds. The first kappa shape index (κ1) is 13.2. The van der Waals surface area contributed by atoms with E-state index in [0.29, 0.717) is 0 Å². The maximum Gasteiger partial charge on any atom is 0.234 e. The Kier molecular flexibility index (Phi) is 4.93. The Hall–Kier alpha value is -0.900. The molecule has 16 heavy (non-hydrogen) atoms. The minimum atomic E-state index is -0.269. The van der Waals surface area contributed by atoms with Crippen LogP contribution in [0.3, 0.4) is 0 Å². The van der Waals surface area contributed by atoms with E-state index in [1.54, 1.807) is 12.1 Å². The molecule has 1 aromatic rings. The molecule has 0 aliphatic heterocycles. The fraction of sp³-hybridized carbons (Fsp3) is 0.417. The van der Waals surface area contributed by atoms with Crippen LogP contribution in [0.5, 0.6) is 0 Å². The molecule has 0 aliphatic carbocycles. The zero-order chi connectivity index (χ0) is 12.1. The standard InChI is InChI=1S/C12H15BrFNO/c1-3-11(13)12(16)15-8(2)9-4-6-10(14)7-5-9/h4-8,11H,3H2,1-2H3,(H,15,16). The zero-order valence-corrected chi connectivity index (χ0v) is 10.9. The Morgan fingerprint density at radius 3 is 2.50 bits per heavy atom. The SMILES string of the molecule is CCC(Br)C(=O)NC(C)c1ccc(F)cc1. The van der Waals surface area contributed by atoms with E-state index >= 15 is 0 Å². The van der Waals surface area contributed by atoms with Gasteiger partial charge in [-0.15, -0.1) is 0 Å². The highest BCUT2D eigenvalue weighted by Crippen LogP contribution is 2.14. The third kappa shape index (κ3) is 3.59. The second-order valence-electron chi connectivity index (χ2n) is 3.66. The van der Waals surface area contributed by atoms with Crippen LogP contribution in [0, 0.1) is 5.82 Å². The van der Waals surface area contributed by atoms with Crippen LogP contribution in [0.4, 0.5) is 4.39 Å². The summed E-state index contributed by atoms with van der Waals surface area (Å²) in [5, 5.41) is 2.86. The average molecular weight is 288 g/mol. The molecule has 0 radical (unpaired) electrons. The number of hydrogen-bond donors (Lipinski definition) is 1. The zero-order valence-electron chi connectivity index (χ0n) is 9.34. The largest absolute Gasteiger partial charge is 0.349 e. The highest BCUT2D eigenvalue weighted by atomic mass is 79.9. The van der Waals surface area contributed by atoms with Crippen molar-refractivity contribution in [3.05, 3.63) is 35.6 Å². The van der Waals surface area contributed by atoms with Gasteiger partial charge in [-0.05, 0) is 31.0 Å². The number of halogens is 2. The van der Waals surface area contributed by atoms with Gasteiger partial charge in [0.1, 0.15) is 5.82 Å². The molecule has 2 unspecified atom stereocenters. The van der Waals surface area contributed by atoms with Gasteiger partial charge in [0.05, 0.1) is 10.9 Å². The van der Waals surface area contributed by atoms with Crippen LogP contribution in [0.25, 0.3) is 0 Å². The van der Waals surface area contributed by atoms with Crippen molar-refractivity contribution in [1.29, 1.82) is 0 Å². The Morgan fingerprint density at radius 1 is 1.44 bits per heavy atom. The van der Waals surface area contributed by atoms with E-state index in [1.165, 1.54) is 12.1 Å². The first-order chi connectivity index (χ1) is 7.54. The molecule has 0 bridgehead atoms. The third-order valence-electron chi connectivity index (χ3n) is 2.37. The van der Waals surface area contributed by atoms with Crippen LogP contribution in [0.15, 0.2) is 24.3 Å². The third-order valence-corrected chi connectivity index (χ3v) is 3.44. The van der Waals surface area contributed by atoms with Gasteiger partial charge in [0.2, 0.25) is 5.91 Å². The fourth-order valence-corrected chi connectivity index (χ4v) is 1.46. The summed E-state index contributed by atoms with van der Waals surface area (Å²) in [5.74, 6) is -0.312. The van der Waals surface area contributed by atoms with Crippen LogP contribution < -0.4 is 5.32 Å². The monoisotopic (exact) mass is 287 g/mol. The van der Waals surface area contributed by atoms with Crippen molar-refractivity contribution in [2.24, 2.45) is 0 Å². The normalized spacial score (nSPS) is 14.2. The Labute approximate surface area is 103 Å². The van der Waals surface area contributed by atoms with Gasteiger partial charge in [-0.25, -0.2) is 4.39 Å². The van der Waals surface area contributed by atoms with Crippen molar-refractivity contribution in [1.82, 2.24) is 5.32 Å². The van der Waals surface area contributed by atoms with E-state index in [2.05, 4.69) is 21.2 Å². The topological polar surface area (TPSA) is 29.1 Å². The van der Waals surface area contributed by atoms with E-state index in [-0.39, 0.29) is 22.6 Å². The van der Waals surface area contributed by atoms with Gasteiger partial charge < -0.3 is 5.32 Å².